The summed E-state index contributed by atoms with van der Waals surface area (Å²) in [4.78, 5) is 4.41. The fourth-order valence-electron chi connectivity index (χ4n) is 1.99. The number of nitrogens with zero attached hydrogens (tertiary/aromatic N) is 2. The molecular formula is C14H11ClFN3. The first kappa shape index (κ1) is 12.0. The van der Waals surface area contributed by atoms with Crippen LogP contribution in [-0.4, -0.2) is 9.38 Å². The zero-order chi connectivity index (χ0) is 13.6. The third kappa shape index (κ3) is 1.94. The molecule has 0 bridgehead atoms. The minimum atomic E-state index is -0.271. The lowest BCUT2D eigenvalue weighted by molar-refractivity contribution is 0.619. The number of rotatable bonds is 1. The second kappa shape index (κ2) is 4.24. The molecule has 5 heteroatoms. The quantitative estimate of drug-likeness (QED) is 0.736. The smallest absolute Gasteiger partial charge is 0.139 e. The normalized spacial score (nSPS) is 11.1. The molecule has 0 saturated carbocycles. The Bertz CT molecular complexity index is 780. The van der Waals surface area contributed by atoms with Gasteiger partial charge in [0.2, 0.25) is 0 Å². The highest BCUT2D eigenvalue weighted by Crippen LogP contribution is 2.28. The Labute approximate surface area is 114 Å². The molecule has 3 rings (SSSR count). The maximum Gasteiger partial charge on any atom is 0.139 e. The number of aromatic nitrogens is 2. The zero-order valence-electron chi connectivity index (χ0n) is 10.2. The fourth-order valence-corrected chi connectivity index (χ4v) is 2.15. The number of hydrogen-bond acceptors (Lipinski definition) is 2. The number of imidazole rings is 1. The van der Waals surface area contributed by atoms with Gasteiger partial charge in [-0.25, -0.2) is 9.37 Å². The third-order valence-corrected chi connectivity index (χ3v) is 3.29. The first-order valence-electron chi connectivity index (χ1n) is 5.76. The highest BCUT2D eigenvalue weighted by molar-refractivity contribution is 6.30. The molecule has 2 N–H and O–H groups in total. The Morgan fingerprint density at radius 1 is 1.26 bits per heavy atom. The number of benzene rings is 1. The molecule has 2 heterocycles. The Balaban J connectivity index is 2.24. The van der Waals surface area contributed by atoms with E-state index in [4.69, 9.17) is 17.3 Å². The van der Waals surface area contributed by atoms with E-state index >= 15 is 0 Å². The molecule has 96 valence electrons. The third-order valence-electron chi connectivity index (χ3n) is 3.06. The van der Waals surface area contributed by atoms with Crippen molar-refractivity contribution in [2.75, 3.05) is 5.73 Å². The number of pyridine rings is 1. The summed E-state index contributed by atoms with van der Waals surface area (Å²) in [6.45, 7) is 1.71. The molecule has 0 radical (unpaired) electrons. The van der Waals surface area contributed by atoms with Gasteiger partial charge in [-0.3, -0.25) is 4.40 Å². The highest BCUT2D eigenvalue weighted by atomic mass is 35.5. The molecule has 0 unspecified atom stereocenters. The van der Waals surface area contributed by atoms with Gasteiger partial charge in [-0.1, -0.05) is 23.7 Å². The van der Waals surface area contributed by atoms with Gasteiger partial charge in [0.25, 0.3) is 0 Å². The first-order chi connectivity index (χ1) is 9.06. The van der Waals surface area contributed by atoms with Crippen LogP contribution in [0.25, 0.3) is 16.9 Å². The minimum absolute atomic E-state index is 0.271. The SMILES string of the molecule is Cc1ccc(-c2nc3ccc(Cl)cn3c2N)cc1F. The molecule has 0 aliphatic carbocycles. The molecular weight excluding hydrogens is 265 g/mol. The van der Waals surface area contributed by atoms with Crippen LogP contribution in [0.15, 0.2) is 36.5 Å². The number of nitrogen functional groups attached to an aromatic ring is 1. The van der Waals surface area contributed by atoms with E-state index in [0.717, 1.165) is 0 Å². The summed E-state index contributed by atoms with van der Waals surface area (Å²) in [5.41, 5.74) is 8.53. The summed E-state index contributed by atoms with van der Waals surface area (Å²) in [5, 5.41) is 0.568. The largest absolute Gasteiger partial charge is 0.383 e. The van der Waals surface area contributed by atoms with E-state index in [-0.39, 0.29) is 5.82 Å². The van der Waals surface area contributed by atoms with Gasteiger partial charge < -0.3 is 5.73 Å². The van der Waals surface area contributed by atoms with E-state index in [9.17, 15) is 4.39 Å². The monoisotopic (exact) mass is 275 g/mol. The standard InChI is InChI=1S/C14H11ClFN3/c1-8-2-3-9(6-11(8)16)13-14(17)19-7-10(15)4-5-12(19)18-13/h2-7H,17H2,1H3. The van der Waals surface area contributed by atoms with Gasteiger partial charge in [-0.2, -0.15) is 0 Å². The molecule has 0 amide bonds. The van der Waals surface area contributed by atoms with Crippen LogP contribution in [-0.2, 0) is 0 Å². The number of nitrogens with two attached hydrogens (primary N) is 1. The van der Waals surface area contributed by atoms with E-state index in [1.54, 1.807) is 41.8 Å². The molecule has 0 aliphatic rings. The van der Waals surface area contributed by atoms with Gasteiger partial charge in [0.15, 0.2) is 0 Å². The van der Waals surface area contributed by atoms with Crippen molar-refractivity contribution in [1.29, 1.82) is 0 Å². The molecule has 3 aromatic rings. The molecule has 0 fully saturated rings. The van der Waals surface area contributed by atoms with Gasteiger partial charge >= 0.3 is 0 Å². The van der Waals surface area contributed by atoms with Gasteiger partial charge in [0, 0.05) is 11.8 Å². The summed E-state index contributed by atoms with van der Waals surface area (Å²) in [7, 11) is 0. The number of anilines is 1. The highest BCUT2D eigenvalue weighted by Gasteiger charge is 2.12. The predicted molar refractivity (Wildman–Crippen MR) is 74.7 cm³/mol. The zero-order valence-corrected chi connectivity index (χ0v) is 10.9. The van der Waals surface area contributed by atoms with Crippen LogP contribution >= 0.6 is 11.6 Å². The Morgan fingerprint density at radius 2 is 2.05 bits per heavy atom. The van der Waals surface area contributed by atoms with Crippen LogP contribution in [0.2, 0.25) is 5.02 Å². The lowest BCUT2D eigenvalue weighted by atomic mass is 10.1. The fraction of sp³-hybridized carbons (Fsp3) is 0.0714. The maximum atomic E-state index is 13.6. The molecule has 0 aliphatic heterocycles. The van der Waals surface area contributed by atoms with E-state index in [0.29, 0.717) is 33.3 Å². The summed E-state index contributed by atoms with van der Waals surface area (Å²) >= 11 is 5.93. The number of halogens is 2. The number of aryl methyl sites for hydroxylation is 1. The maximum absolute atomic E-state index is 13.6. The Hall–Kier alpha value is -2.07. The molecule has 2 aromatic heterocycles. The Kier molecular flexibility index (Phi) is 2.68. The molecule has 3 nitrogen and oxygen atoms in total. The molecule has 0 spiro atoms. The minimum Gasteiger partial charge on any atom is -0.383 e. The van der Waals surface area contributed by atoms with Crippen molar-refractivity contribution < 1.29 is 4.39 Å². The lowest BCUT2D eigenvalue weighted by Gasteiger charge is -2.01. The topological polar surface area (TPSA) is 43.3 Å². The summed E-state index contributed by atoms with van der Waals surface area (Å²) in [6, 6.07) is 8.46. The summed E-state index contributed by atoms with van der Waals surface area (Å²) in [6.07, 6.45) is 1.69. The van der Waals surface area contributed by atoms with Crippen LogP contribution in [0.5, 0.6) is 0 Å². The second-order valence-electron chi connectivity index (χ2n) is 4.39. The van der Waals surface area contributed by atoms with Crippen molar-refractivity contribution >= 4 is 23.1 Å². The molecule has 0 atom stereocenters. The molecule has 0 saturated heterocycles. The van der Waals surface area contributed by atoms with Crippen molar-refractivity contribution in [3.63, 3.8) is 0 Å². The van der Waals surface area contributed by atoms with Crippen molar-refractivity contribution in [2.45, 2.75) is 6.92 Å². The summed E-state index contributed by atoms with van der Waals surface area (Å²) < 4.78 is 15.3. The van der Waals surface area contributed by atoms with Crippen molar-refractivity contribution in [2.24, 2.45) is 0 Å². The van der Waals surface area contributed by atoms with Crippen LogP contribution in [0.1, 0.15) is 5.56 Å². The van der Waals surface area contributed by atoms with E-state index in [1.165, 1.54) is 6.07 Å². The van der Waals surface area contributed by atoms with Crippen LogP contribution in [0.4, 0.5) is 10.2 Å². The van der Waals surface area contributed by atoms with Crippen molar-refractivity contribution in [3.8, 4) is 11.3 Å². The first-order valence-corrected chi connectivity index (χ1v) is 6.13. The number of fused-ring (bicyclic) bond motifs is 1. The van der Waals surface area contributed by atoms with Crippen LogP contribution in [0.3, 0.4) is 0 Å². The van der Waals surface area contributed by atoms with E-state index < -0.39 is 0 Å². The molecule has 1 aromatic carbocycles. The summed E-state index contributed by atoms with van der Waals surface area (Å²) in [5.74, 6) is 0.174. The van der Waals surface area contributed by atoms with Crippen molar-refractivity contribution in [1.82, 2.24) is 9.38 Å². The van der Waals surface area contributed by atoms with E-state index in [1.807, 2.05) is 0 Å². The Morgan fingerprint density at radius 3 is 2.79 bits per heavy atom. The van der Waals surface area contributed by atoms with Crippen LogP contribution < -0.4 is 5.73 Å². The van der Waals surface area contributed by atoms with Gasteiger partial charge in [-0.05, 0) is 30.7 Å². The average Bonchev–Trinajstić information content (AvgIpc) is 2.70. The van der Waals surface area contributed by atoms with Gasteiger partial charge in [0.1, 0.15) is 23.0 Å². The number of hydrogen-bond donors (Lipinski definition) is 1. The van der Waals surface area contributed by atoms with Crippen LogP contribution in [0, 0.1) is 12.7 Å². The van der Waals surface area contributed by atoms with Gasteiger partial charge in [0.05, 0.1) is 5.02 Å². The average molecular weight is 276 g/mol. The van der Waals surface area contributed by atoms with Gasteiger partial charge in [-0.15, -0.1) is 0 Å². The second-order valence-corrected chi connectivity index (χ2v) is 4.82. The van der Waals surface area contributed by atoms with Crippen molar-refractivity contribution in [3.05, 3.63) is 52.9 Å². The molecule has 19 heavy (non-hydrogen) atoms. The van der Waals surface area contributed by atoms with E-state index in [2.05, 4.69) is 4.98 Å². The lowest BCUT2D eigenvalue weighted by Crippen LogP contribution is -1.94. The predicted octanol–water partition coefficient (Wildman–Crippen LogP) is 3.68.